The van der Waals surface area contributed by atoms with Gasteiger partial charge in [-0.1, -0.05) is 40.5 Å². The number of aromatic amines is 8. The van der Waals surface area contributed by atoms with Crippen molar-refractivity contribution in [2.75, 3.05) is 52.4 Å². The maximum Gasteiger partial charge on any atom is 0.271 e. The minimum atomic E-state index is -0.171. The summed E-state index contributed by atoms with van der Waals surface area (Å²) in [6, 6.07) is 21.2. The molecule has 12 heterocycles. The summed E-state index contributed by atoms with van der Waals surface area (Å²) >= 11 is 0. The molecule has 1 aliphatic rings. The summed E-state index contributed by atoms with van der Waals surface area (Å²) in [5, 5.41) is 30.2. The van der Waals surface area contributed by atoms with Crippen molar-refractivity contribution in [2.24, 2.45) is 5.92 Å². The molecule has 0 atom stereocenters. The molecular weight excluding hydrogens is 1230 g/mol. The zero-order valence-electron chi connectivity index (χ0n) is 54.7. The van der Waals surface area contributed by atoms with Crippen molar-refractivity contribution in [3.8, 4) is 63.2 Å². The Morgan fingerprint density at radius 1 is 0.412 bits per heavy atom. The predicted octanol–water partition coefficient (Wildman–Crippen LogP) is 13.7. The summed E-state index contributed by atoms with van der Waals surface area (Å²) in [6.07, 6.45) is 29.2. The molecule has 0 spiro atoms. The molecule has 1 fully saturated rings. The van der Waals surface area contributed by atoms with Crippen LogP contribution < -0.4 is 0 Å². The van der Waals surface area contributed by atoms with Crippen molar-refractivity contribution in [2.45, 2.75) is 91.9 Å². The van der Waals surface area contributed by atoms with E-state index in [1.54, 1.807) is 57.9 Å². The van der Waals surface area contributed by atoms with Gasteiger partial charge in [0.1, 0.15) is 77.2 Å². The number of hydrogen-bond donors (Lipinski definition) is 8. The van der Waals surface area contributed by atoms with Crippen LogP contribution in [-0.4, -0.2) is 175 Å². The molecule has 27 nitrogen and oxygen atoms in total. The maximum atomic E-state index is 12.8. The molecule has 1 saturated carbocycles. The number of carbonyl (C=O) groups is 4. The van der Waals surface area contributed by atoms with E-state index >= 15 is 0 Å². The molecule has 27 heteroatoms. The van der Waals surface area contributed by atoms with Crippen molar-refractivity contribution in [1.29, 1.82) is 15.8 Å². The second kappa shape index (κ2) is 33.2. The average molecular weight is 1320 g/mol. The lowest BCUT2D eigenvalue weighted by atomic mass is 10.1. The fourth-order valence-corrected chi connectivity index (χ4v) is 11.2. The van der Waals surface area contributed by atoms with E-state index in [4.69, 9.17) is 15.8 Å². The van der Waals surface area contributed by atoms with E-state index in [1.807, 2.05) is 73.0 Å². The Labute approximate surface area is 571 Å². The first-order valence-electron chi connectivity index (χ1n) is 32.6. The molecule has 12 aromatic rings. The van der Waals surface area contributed by atoms with Crippen LogP contribution in [0.3, 0.4) is 0 Å². The van der Waals surface area contributed by atoms with Gasteiger partial charge >= 0.3 is 0 Å². The fraction of sp³-hybridized carbons (Fsp3) is 0.329. The zero-order valence-corrected chi connectivity index (χ0v) is 54.7. The van der Waals surface area contributed by atoms with Gasteiger partial charge in [0.15, 0.2) is 0 Å². The Hall–Kier alpha value is -12.1. The molecule has 13 rings (SSSR count). The van der Waals surface area contributed by atoms with Crippen LogP contribution in [0, 0.1) is 39.9 Å². The molecule has 0 unspecified atom stereocenters. The smallest absolute Gasteiger partial charge is 0.271 e. The SMILES string of the molecule is CCCCN(CC#N)C(=O)c1cc(-c2ncnc3[nH]ccc23)c[nH]1.CCCCN(CCC#N)C(=O)c1cc(-c2ncnc3[nH]ccc23)c[nH]1.CCCN(CC1CC1)C(=O)c1cc(-c2ncnc3[nH]ccc23)c[nH]1.CCCN(CCC#N)C(=O)c1cc(-c2ncnc3[nH]ccc23)c[nH]1.[HH].[HH].[HH].[HH].[HH].[HH].[HH].[HH]. The topological polar surface area (TPSA) is 382 Å². The number of fused-ring (bicyclic) bond motifs is 4. The van der Waals surface area contributed by atoms with E-state index in [0.29, 0.717) is 74.3 Å². The van der Waals surface area contributed by atoms with Crippen LogP contribution in [0.5, 0.6) is 0 Å². The largest absolute Gasteiger partial charge is 0.357 e. The molecule has 0 saturated heterocycles. The first-order chi connectivity index (χ1) is 47.5. The van der Waals surface area contributed by atoms with E-state index in [9.17, 15) is 19.2 Å². The minimum absolute atomic E-state index is 0. The molecule has 97 heavy (non-hydrogen) atoms. The Kier molecular flexibility index (Phi) is 23.2. The molecule has 0 aromatic carbocycles. The van der Waals surface area contributed by atoms with Gasteiger partial charge in [-0.15, -0.1) is 0 Å². The van der Waals surface area contributed by atoms with Gasteiger partial charge in [-0.3, -0.25) is 19.2 Å². The number of nitriles is 3. The van der Waals surface area contributed by atoms with Crippen LogP contribution in [0.4, 0.5) is 0 Å². The normalized spacial score (nSPS) is 11.6. The number of H-pyrrole nitrogens is 8. The molecule has 0 bridgehead atoms. The highest BCUT2D eigenvalue weighted by Gasteiger charge is 2.28. The van der Waals surface area contributed by atoms with Crippen LogP contribution in [0.25, 0.3) is 89.2 Å². The molecule has 4 amide bonds. The number of hydrogen-bond acceptors (Lipinski definition) is 15. The van der Waals surface area contributed by atoms with Gasteiger partial charge < -0.3 is 59.5 Å². The molecule has 12 aromatic heterocycles. The minimum Gasteiger partial charge on any atom is -0.357 e. The highest BCUT2D eigenvalue weighted by molar-refractivity contribution is 6.00. The summed E-state index contributed by atoms with van der Waals surface area (Å²) in [5.41, 5.74) is 11.7. The summed E-state index contributed by atoms with van der Waals surface area (Å²) in [7, 11) is 0. The molecule has 1 aliphatic carbocycles. The maximum absolute atomic E-state index is 12.8. The predicted molar refractivity (Wildman–Crippen MR) is 384 cm³/mol. The lowest BCUT2D eigenvalue weighted by Gasteiger charge is -2.21. The number of carbonyl (C=O) groups excluding carboxylic acids is 4. The molecule has 512 valence electrons. The van der Waals surface area contributed by atoms with E-state index < -0.39 is 0 Å². The van der Waals surface area contributed by atoms with Gasteiger partial charge in [0.2, 0.25) is 0 Å². The van der Waals surface area contributed by atoms with Crippen molar-refractivity contribution >= 4 is 67.8 Å². The monoisotopic (exact) mass is 1320 g/mol. The lowest BCUT2D eigenvalue weighted by Crippen LogP contribution is -2.33. The van der Waals surface area contributed by atoms with E-state index in [-0.39, 0.29) is 41.6 Å². The second-order valence-electron chi connectivity index (χ2n) is 23.2. The van der Waals surface area contributed by atoms with Crippen LogP contribution >= 0.6 is 0 Å². The van der Waals surface area contributed by atoms with Gasteiger partial charge in [-0.2, -0.15) is 15.8 Å². The number of rotatable bonds is 25. The van der Waals surface area contributed by atoms with Crippen molar-refractivity contribution in [3.63, 3.8) is 0 Å². The van der Waals surface area contributed by atoms with Crippen molar-refractivity contribution in [3.05, 3.63) is 146 Å². The van der Waals surface area contributed by atoms with Gasteiger partial charge in [-0.05, 0) is 93.0 Å². The van der Waals surface area contributed by atoms with Crippen LogP contribution in [0.15, 0.2) is 123 Å². The molecule has 0 aliphatic heterocycles. The van der Waals surface area contributed by atoms with Crippen molar-refractivity contribution < 1.29 is 30.6 Å². The first-order valence-corrected chi connectivity index (χ1v) is 32.6. The number of nitrogens with zero attached hydrogens (tertiary/aromatic N) is 15. The standard InChI is InChI=1S/C18H20N6O.C18H21N5O.2C17H18N6O.8H2/c1-2-3-8-24(9-4-6-19)18(25)15-10-13(11-21-15)16-14-5-7-20-17(14)23-12-22-16;1-2-7-23(10-12-3-4-12)18(24)15-8-13(9-20-15)16-14-5-6-19-17(14)22-11-21-16;1-2-7-23(8-3-5-18)17(24)14-9-12(10-20-14)15-13-4-6-19-16(13)22-11-21-15;1-2-3-7-23(8-5-18)17(24)14-9-12(10-20-14)15-13-4-6-19-16(13)22-11-21-15;;;;;;;;/h5,7,10-12,21H,2-4,8-9H2,1H3,(H,20,22,23);5-6,8-9,11-12,20H,2-4,7,10H2,1H3,(H,19,21,22);2*4,6,9-11,20H,2-3,7-8H2,1H3,(H,19,21,22);8*1H. The summed E-state index contributed by atoms with van der Waals surface area (Å²) < 4.78 is 0. The number of nitrogens with one attached hydrogen (secondary N) is 8. The third-order valence-electron chi connectivity index (χ3n) is 16.3. The van der Waals surface area contributed by atoms with Crippen LogP contribution in [-0.2, 0) is 0 Å². The van der Waals surface area contributed by atoms with E-state index in [1.165, 1.54) is 31.8 Å². The first kappa shape index (κ1) is 67.8. The van der Waals surface area contributed by atoms with Gasteiger partial charge in [0, 0.05) is 151 Å². The third-order valence-corrected chi connectivity index (χ3v) is 16.3. The molecule has 8 N–H and O–H groups in total. The van der Waals surface area contributed by atoms with E-state index in [0.717, 1.165) is 141 Å². The molecular formula is C70H93N23O4. The molecule has 0 radical (unpaired) electrons. The van der Waals surface area contributed by atoms with E-state index in [2.05, 4.69) is 119 Å². The lowest BCUT2D eigenvalue weighted by molar-refractivity contribution is 0.0737. The quantitative estimate of drug-likeness (QED) is 0.0247. The zero-order chi connectivity index (χ0) is 68.0. The Morgan fingerprint density at radius 3 is 1.05 bits per heavy atom. The van der Waals surface area contributed by atoms with Gasteiger partial charge in [0.05, 0.1) is 53.8 Å². The van der Waals surface area contributed by atoms with Gasteiger partial charge in [-0.25, -0.2) is 39.9 Å². The summed E-state index contributed by atoms with van der Waals surface area (Å²) in [4.78, 5) is 116. The second-order valence-corrected chi connectivity index (χ2v) is 23.2. The van der Waals surface area contributed by atoms with Crippen LogP contribution in [0.1, 0.15) is 145 Å². The highest BCUT2D eigenvalue weighted by atomic mass is 16.2. The fourth-order valence-electron chi connectivity index (χ4n) is 11.2. The number of aromatic nitrogens is 16. The third kappa shape index (κ3) is 16.7. The Morgan fingerprint density at radius 2 is 0.732 bits per heavy atom. The van der Waals surface area contributed by atoms with Crippen LogP contribution in [0.2, 0.25) is 0 Å². The number of unbranched alkanes of at least 4 members (excludes halogenated alkanes) is 2. The van der Waals surface area contributed by atoms with Crippen molar-refractivity contribution in [1.82, 2.24) is 99.3 Å². The summed E-state index contributed by atoms with van der Waals surface area (Å²) in [6.45, 7) is 12.8. The highest BCUT2D eigenvalue weighted by Crippen LogP contribution is 2.32. The average Bonchev–Trinajstić information content (AvgIpc) is 1.68. The number of amides is 4. The Bertz CT molecular complexity index is 4760. The van der Waals surface area contributed by atoms with Gasteiger partial charge in [0.25, 0.3) is 23.6 Å². The summed E-state index contributed by atoms with van der Waals surface area (Å²) in [5.74, 6) is 0.410. The Balaban J connectivity index is 0.000000464.